The number of anilines is 1. The predicted octanol–water partition coefficient (Wildman–Crippen LogP) is 4.53. The highest BCUT2D eigenvalue weighted by Crippen LogP contribution is 2.28. The topological polar surface area (TPSA) is 59.8 Å². The van der Waals surface area contributed by atoms with Gasteiger partial charge in [0.1, 0.15) is 0 Å². The lowest BCUT2D eigenvalue weighted by atomic mass is 10.1. The van der Waals surface area contributed by atoms with Crippen LogP contribution in [0.2, 0.25) is 0 Å². The van der Waals surface area contributed by atoms with Crippen LogP contribution in [0.1, 0.15) is 23.6 Å². The summed E-state index contributed by atoms with van der Waals surface area (Å²) in [7, 11) is 1.93. The fourth-order valence-electron chi connectivity index (χ4n) is 2.88. The second-order valence-electron chi connectivity index (χ2n) is 6.75. The Labute approximate surface area is 164 Å². The lowest BCUT2D eigenvalue weighted by Gasteiger charge is -2.13. The highest BCUT2D eigenvalue weighted by atomic mass is 32.2. The van der Waals surface area contributed by atoms with Gasteiger partial charge in [-0.1, -0.05) is 53.7 Å². The molecule has 3 aromatic rings. The van der Waals surface area contributed by atoms with E-state index in [1.54, 1.807) is 0 Å². The summed E-state index contributed by atoms with van der Waals surface area (Å²) in [5, 5.41) is 12.0. The van der Waals surface area contributed by atoms with E-state index in [9.17, 15) is 4.79 Å². The van der Waals surface area contributed by atoms with Crippen LogP contribution in [0.3, 0.4) is 0 Å². The third-order valence-corrected chi connectivity index (χ3v) is 5.65. The molecule has 140 valence electrons. The van der Waals surface area contributed by atoms with Gasteiger partial charge in [0.2, 0.25) is 5.91 Å². The van der Waals surface area contributed by atoms with Gasteiger partial charge in [0.05, 0.1) is 5.25 Å². The molecule has 1 atom stereocenters. The van der Waals surface area contributed by atoms with E-state index in [1.807, 2.05) is 62.7 Å². The second-order valence-corrected chi connectivity index (χ2v) is 8.06. The van der Waals surface area contributed by atoms with Crippen molar-refractivity contribution in [2.75, 3.05) is 5.32 Å². The fourth-order valence-corrected chi connectivity index (χ4v) is 3.69. The number of thioether (sulfide) groups is 1. The number of carbonyl (C=O) groups excluding carboxylic acids is 1. The van der Waals surface area contributed by atoms with Crippen LogP contribution < -0.4 is 5.32 Å². The molecular formula is C21H24N4OS. The Morgan fingerprint density at radius 3 is 2.52 bits per heavy atom. The van der Waals surface area contributed by atoms with E-state index in [-0.39, 0.29) is 11.2 Å². The molecule has 5 nitrogen and oxygen atoms in total. The molecule has 0 saturated heterocycles. The molecule has 27 heavy (non-hydrogen) atoms. The van der Waals surface area contributed by atoms with Gasteiger partial charge >= 0.3 is 0 Å². The maximum absolute atomic E-state index is 12.6. The summed E-state index contributed by atoms with van der Waals surface area (Å²) in [5.41, 5.74) is 5.27. The van der Waals surface area contributed by atoms with Gasteiger partial charge in [-0.2, -0.15) is 0 Å². The first-order valence-corrected chi connectivity index (χ1v) is 9.75. The minimum absolute atomic E-state index is 0.0487. The lowest BCUT2D eigenvalue weighted by molar-refractivity contribution is -0.115. The van der Waals surface area contributed by atoms with Crippen LogP contribution in [0.4, 0.5) is 5.69 Å². The van der Waals surface area contributed by atoms with Gasteiger partial charge in [-0.15, -0.1) is 10.2 Å². The highest BCUT2D eigenvalue weighted by Gasteiger charge is 2.20. The van der Waals surface area contributed by atoms with Crippen molar-refractivity contribution in [3.8, 4) is 11.4 Å². The van der Waals surface area contributed by atoms with Crippen molar-refractivity contribution in [3.05, 3.63) is 59.2 Å². The molecule has 6 heteroatoms. The van der Waals surface area contributed by atoms with Gasteiger partial charge in [0, 0.05) is 18.3 Å². The standard InChI is InChI=1S/C21H24N4OS/c1-13-10-11-18(15(3)12-13)22-20(26)16(4)27-21-24-23-19(25(21)5)17-9-7-6-8-14(17)2/h6-12,16H,1-5H3,(H,22,26). The maximum atomic E-state index is 12.6. The molecule has 0 radical (unpaired) electrons. The van der Waals surface area contributed by atoms with E-state index in [0.29, 0.717) is 0 Å². The van der Waals surface area contributed by atoms with Gasteiger partial charge in [0.15, 0.2) is 11.0 Å². The summed E-state index contributed by atoms with van der Waals surface area (Å²) in [4.78, 5) is 12.6. The number of amides is 1. The first-order chi connectivity index (χ1) is 12.9. The summed E-state index contributed by atoms with van der Waals surface area (Å²) >= 11 is 1.41. The van der Waals surface area contributed by atoms with Crippen molar-refractivity contribution in [1.29, 1.82) is 0 Å². The molecule has 2 aromatic carbocycles. The Kier molecular flexibility index (Phi) is 5.65. The monoisotopic (exact) mass is 380 g/mol. The number of rotatable bonds is 5. The predicted molar refractivity (Wildman–Crippen MR) is 111 cm³/mol. The van der Waals surface area contributed by atoms with Gasteiger partial charge in [-0.05, 0) is 44.9 Å². The van der Waals surface area contributed by atoms with Gasteiger partial charge in [-0.3, -0.25) is 4.79 Å². The number of hydrogen-bond acceptors (Lipinski definition) is 4. The Bertz CT molecular complexity index is 980. The summed E-state index contributed by atoms with van der Waals surface area (Å²) in [5.74, 6) is 0.755. The molecule has 1 unspecified atom stereocenters. The first kappa shape index (κ1) is 19.2. The van der Waals surface area contributed by atoms with Crippen molar-refractivity contribution in [3.63, 3.8) is 0 Å². The maximum Gasteiger partial charge on any atom is 0.237 e. The molecule has 1 amide bonds. The molecule has 1 heterocycles. The fraction of sp³-hybridized carbons (Fsp3) is 0.286. The molecule has 3 rings (SSSR count). The zero-order chi connectivity index (χ0) is 19.6. The third-order valence-electron chi connectivity index (χ3n) is 4.51. The van der Waals surface area contributed by atoms with Crippen molar-refractivity contribution >= 4 is 23.4 Å². The molecule has 0 spiro atoms. The Balaban J connectivity index is 1.73. The molecule has 0 fully saturated rings. The van der Waals surface area contributed by atoms with E-state index in [2.05, 4.69) is 34.6 Å². The zero-order valence-electron chi connectivity index (χ0n) is 16.3. The van der Waals surface area contributed by atoms with Crippen LogP contribution in [0.15, 0.2) is 47.6 Å². The van der Waals surface area contributed by atoms with Crippen LogP contribution in [0.5, 0.6) is 0 Å². The van der Waals surface area contributed by atoms with Crippen molar-refractivity contribution in [2.45, 2.75) is 38.1 Å². The second kappa shape index (κ2) is 7.96. The number of nitrogens with zero attached hydrogens (tertiary/aromatic N) is 3. The number of aryl methyl sites for hydroxylation is 3. The van der Waals surface area contributed by atoms with E-state index >= 15 is 0 Å². The first-order valence-electron chi connectivity index (χ1n) is 8.87. The van der Waals surface area contributed by atoms with Crippen LogP contribution in [-0.2, 0) is 11.8 Å². The van der Waals surface area contributed by atoms with E-state index in [0.717, 1.165) is 33.4 Å². The molecule has 1 N–H and O–H groups in total. The molecule has 0 saturated carbocycles. The SMILES string of the molecule is Cc1ccc(NC(=O)C(C)Sc2nnc(-c3ccccc3C)n2C)c(C)c1. The van der Waals surface area contributed by atoms with E-state index < -0.39 is 0 Å². The molecule has 0 aliphatic heterocycles. The molecular weight excluding hydrogens is 356 g/mol. The van der Waals surface area contributed by atoms with Gasteiger partial charge in [-0.25, -0.2) is 0 Å². The molecule has 0 aliphatic carbocycles. The Morgan fingerprint density at radius 2 is 1.81 bits per heavy atom. The van der Waals surface area contributed by atoms with Gasteiger partial charge in [0.25, 0.3) is 0 Å². The summed E-state index contributed by atoms with van der Waals surface area (Å²) < 4.78 is 1.94. The number of benzene rings is 2. The minimum Gasteiger partial charge on any atom is -0.325 e. The van der Waals surface area contributed by atoms with Crippen LogP contribution >= 0.6 is 11.8 Å². The van der Waals surface area contributed by atoms with Crippen molar-refractivity contribution in [2.24, 2.45) is 7.05 Å². The quantitative estimate of drug-likeness (QED) is 0.661. The number of aromatic nitrogens is 3. The van der Waals surface area contributed by atoms with Crippen LogP contribution in [-0.4, -0.2) is 25.9 Å². The highest BCUT2D eigenvalue weighted by molar-refractivity contribution is 8.00. The largest absolute Gasteiger partial charge is 0.325 e. The number of nitrogens with one attached hydrogen (secondary N) is 1. The minimum atomic E-state index is -0.293. The van der Waals surface area contributed by atoms with Gasteiger partial charge < -0.3 is 9.88 Å². The number of carbonyl (C=O) groups is 1. The smallest absolute Gasteiger partial charge is 0.237 e. The van der Waals surface area contributed by atoms with Crippen molar-refractivity contribution < 1.29 is 4.79 Å². The summed E-state index contributed by atoms with van der Waals surface area (Å²) in [6, 6.07) is 14.1. The van der Waals surface area contributed by atoms with Crippen molar-refractivity contribution in [1.82, 2.24) is 14.8 Å². The van der Waals surface area contributed by atoms with E-state index in [1.165, 1.54) is 17.3 Å². The number of hydrogen-bond donors (Lipinski definition) is 1. The average molecular weight is 381 g/mol. The van der Waals surface area contributed by atoms with Crippen LogP contribution in [0, 0.1) is 20.8 Å². The Hall–Kier alpha value is -2.60. The normalized spacial score (nSPS) is 12.0. The molecule has 1 aromatic heterocycles. The summed E-state index contributed by atoms with van der Waals surface area (Å²) in [6.07, 6.45) is 0. The summed E-state index contributed by atoms with van der Waals surface area (Å²) in [6.45, 7) is 7.97. The molecule has 0 aliphatic rings. The van der Waals surface area contributed by atoms with Crippen LogP contribution in [0.25, 0.3) is 11.4 Å². The lowest BCUT2D eigenvalue weighted by Crippen LogP contribution is -2.23. The Morgan fingerprint density at radius 1 is 1.07 bits per heavy atom. The third kappa shape index (κ3) is 4.22. The van der Waals surface area contributed by atoms with E-state index in [4.69, 9.17) is 0 Å². The average Bonchev–Trinajstić information content (AvgIpc) is 2.98. The zero-order valence-corrected chi connectivity index (χ0v) is 17.1. The molecule has 0 bridgehead atoms.